The molecule has 0 aliphatic carbocycles. The zero-order chi connectivity index (χ0) is 19.8. The van der Waals surface area contributed by atoms with Crippen LogP contribution in [0.1, 0.15) is 0 Å². The summed E-state index contributed by atoms with van der Waals surface area (Å²) in [5.41, 5.74) is 0.539. The third-order valence-electron chi connectivity index (χ3n) is 4.09. The van der Waals surface area contributed by atoms with Crippen molar-refractivity contribution in [3.05, 3.63) is 79.4 Å². The fourth-order valence-electron chi connectivity index (χ4n) is 2.90. The maximum absolute atomic E-state index is 13.1. The summed E-state index contributed by atoms with van der Waals surface area (Å²) in [5, 5.41) is 1.02. The highest BCUT2D eigenvalue weighted by atomic mass is 35.5. The van der Waals surface area contributed by atoms with Crippen LogP contribution in [-0.4, -0.2) is 26.0 Å². The van der Waals surface area contributed by atoms with Crippen LogP contribution in [0, 0.1) is 0 Å². The van der Waals surface area contributed by atoms with Crippen LogP contribution < -0.4 is 11.2 Å². The van der Waals surface area contributed by atoms with Crippen LogP contribution in [-0.2, 0) is 4.52 Å². The van der Waals surface area contributed by atoms with Crippen molar-refractivity contribution in [1.29, 1.82) is 0 Å². The van der Waals surface area contributed by atoms with Gasteiger partial charge >= 0.3 is 5.69 Å². The van der Waals surface area contributed by atoms with E-state index in [0.717, 1.165) is 4.34 Å². The Labute approximate surface area is 170 Å². The molecule has 0 bridgehead atoms. The lowest BCUT2D eigenvalue weighted by molar-refractivity contribution is 0.468. The largest absolute Gasteiger partial charge is 0.344 e. The van der Waals surface area contributed by atoms with Crippen molar-refractivity contribution in [2.24, 2.45) is 0 Å². The SMILES string of the molecule is COPn1c(=O)[nH]c2nc(-c3ccccc3Cl)n(-c3ccc(Cl)cc3)c2c1=O. The van der Waals surface area contributed by atoms with E-state index in [1.807, 2.05) is 6.07 Å². The van der Waals surface area contributed by atoms with Crippen molar-refractivity contribution in [3.8, 4) is 17.1 Å². The van der Waals surface area contributed by atoms with Crippen molar-refractivity contribution >= 4 is 43.3 Å². The van der Waals surface area contributed by atoms with Crippen LogP contribution in [0.3, 0.4) is 0 Å². The summed E-state index contributed by atoms with van der Waals surface area (Å²) in [4.78, 5) is 32.5. The van der Waals surface area contributed by atoms with Gasteiger partial charge in [-0.1, -0.05) is 35.3 Å². The number of rotatable bonds is 4. The molecule has 7 nitrogen and oxygen atoms in total. The first-order valence-electron chi connectivity index (χ1n) is 8.09. The van der Waals surface area contributed by atoms with E-state index >= 15 is 0 Å². The van der Waals surface area contributed by atoms with Crippen LogP contribution in [0.25, 0.3) is 28.2 Å². The first-order chi connectivity index (χ1) is 13.5. The minimum atomic E-state index is -0.593. The van der Waals surface area contributed by atoms with Gasteiger partial charge in [-0.2, -0.15) is 0 Å². The quantitative estimate of drug-likeness (QED) is 0.494. The van der Waals surface area contributed by atoms with E-state index in [-0.39, 0.29) is 11.2 Å². The second kappa shape index (κ2) is 7.53. The normalized spacial score (nSPS) is 11.7. The Morgan fingerprint density at radius 2 is 1.79 bits per heavy atom. The topological polar surface area (TPSA) is 81.9 Å². The van der Waals surface area contributed by atoms with E-state index < -0.39 is 20.2 Å². The molecule has 0 fully saturated rings. The number of hydrogen-bond acceptors (Lipinski definition) is 4. The number of benzene rings is 2. The predicted octanol–water partition coefficient (Wildman–Crippen LogP) is 3.85. The smallest absolute Gasteiger partial charge is 0.335 e. The van der Waals surface area contributed by atoms with Crippen LogP contribution in [0.5, 0.6) is 0 Å². The maximum atomic E-state index is 13.1. The summed E-state index contributed by atoms with van der Waals surface area (Å²) in [6.07, 6.45) is 0. The van der Waals surface area contributed by atoms with Crippen LogP contribution >= 0.6 is 32.2 Å². The maximum Gasteiger partial charge on any atom is 0.335 e. The van der Waals surface area contributed by atoms with Crippen LogP contribution in [0.15, 0.2) is 58.1 Å². The van der Waals surface area contributed by atoms with Crippen molar-refractivity contribution in [2.75, 3.05) is 7.11 Å². The van der Waals surface area contributed by atoms with Gasteiger partial charge in [-0.3, -0.25) is 14.3 Å². The fourth-order valence-corrected chi connectivity index (χ4v) is 3.76. The highest BCUT2D eigenvalue weighted by molar-refractivity contribution is 7.30. The number of H-pyrrole nitrogens is 1. The van der Waals surface area contributed by atoms with Gasteiger partial charge in [0.15, 0.2) is 11.2 Å². The number of aromatic nitrogens is 4. The van der Waals surface area contributed by atoms with Gasteiger partial charge in [-0.25, -0.2) is 14.1 Å². The molecule has 1 atom stereocenters. The van der Waals surface area contributed by atoms with Crippen molar-refractivity contribution in [2.45, 2.75) is 0 Å². The zero-order valence-electron chi connectivity index (χ0n) is 14.4. The molecule has 4 rings (SSSR count). The number of fused-ring (bicyclic) bond motifs is 1. The molecule has 0 saturated heterocycles. The number of aromatic amines is 1. The number of hydrogen-bond donors (Lipinski definition) is 1. The molecule has 10 heteroatoms. The monoisotopic (exact) mass is 434 g/mol. The Kier molecular flexibility index (Phi) is 5.08. The van der Waals surface area contributed by atoms with Gasteiger partial charge in [0.05, 0.1) is 5.02 Å². The number of halogens is 2. The van der Waals surface area contributed by atoms with Crippen molar-refractivity contribution in [3.63, 3.8) is 0 Å². The molecule has 0 amide bonds. The predicted molar refractivity (Wildman–Crippen MR) is 112 cm³/mol. The second-order valence-electron chi connectivity index (χ2n) is 5.79. The summed E-state index contributed by atoms with van der Waals surface area (Å²) < 4.78 is 7.66. The summed E-state index contributed by atoms with van der Waals surface area (Å²) in [6.45, 7) is 0. The Morgan fingerprint density at radius 3 is 2.46 bits per heavy atom. The van der Waals surface area contributed by atoms with E-state index in [1.165, 1.54) is 7.11 Å². The third kappa shape index (κ3) is 3.16. The molecule has 1 unspecified atom stereocenters. The molecule has 0 radical (unpaired) electrons. The van der Waals surface area contributed by atoms with Gasteiger partial charge in [0.2, 0.25) is 0 Å². The Bertz CT molecular complexity index is 1300. The van der Waals surface area contributed by atoms with Gasteiger partial charge in [0.25, 0.3) is 5.56 Å². The van der Waals surface area contributed by atoms with Gasteiger partial charge in [0, 0.05) is 23.4 Å². The number of nitrogens with zero attached hydrogens (tertiary/aromatic N) is 3. The fraction of sp³-hybridized carbons (Fsp3) is 0.0556. The van der Waals surface area contributed by atoms with E-state index in [2.05, 4.69) is 9.97 Å². The summed E-state index contributed by atoms with van der Waals surface area (Å²) in [5.74, 6) is 0.425. The molecule has 2 aromatic heterocycles. The minimum absolute atomic E-state index is 0.164. The first kappa shape index (κ1) is 18.9. The van der Waals surface area contributed by atoms with Crippen LogP contribution in [0.4, 0.5) is 0 Å². The molecule has 2 heterocycles. The molecule has 0 saturated carbocycles. The zero-order valence-corrected chi connectivity index (χ0v) is 17.0. The molecule has 0 aliphatic rings. The lowest BCUT2D eigenvalue weighted by Crippen LogP contribution is -2.31. The minimum Gasteiger partial charge on any atom is -0.344 e. The highest BCUT2D eigenvalue weighted by Gasteiger charge is 2.21. The molecular formula is C18H13Cl2N4O3P. The standard InChI is InChI=1S/C18H13Cl2N4O3P/c1-27-28-24-17(25)14-15(22-18(24)26)21-16(12-4-2-3-5-13(12)20)23(14)11-8-6-10(19)7-9-11/h2-9,28H,1H3,(H,22,26). The second-order valence-corrected chi connectivity index (χ2v) is 7.67. The van der Waals surface area contributed by atoms with Gasteiger partial charge in [-0.05, 0) is 36.4 Å². The average Bonchev–Trinajstić information content (AvgIpc) is 3.05. The van der Waals surface area contributed by atoms with E-state index in [9.17, 15) is 9.59 Å². The van der Waals surface area contributed by atoms with E-state index in [4.69, 9.17) is 27.7 Å². The number of nitrogens with one attached hydrogen (secondary N) is 1. The average molecular weight is 435 g/mol. The Balaban J connectivity index is 2.15. The molecular weight excluding hydrogens is 422 g/mol. The molecule has 28 heavy (non-hydrogen) atoms. The van der Waals surface area contributed by atoms with Crippen molar-refractivity contribution < 1.29 is 4.52 Å². The molecule has 1 N–H and O–H groups in total. The molecule has 0 spiro atoms. The Morgan fingerprint density at radius 1 is 1.07 bits per heavy atom. The summed E-state index contributed by atoms with van der Waals surface area (Å²) in [6, 6.07) is 14.1. The first-order valence-corrected chi connectivity index (χ1v) is 9.70. The summed E-state index contributed by atoms with van der Waals surface area (Å²) in [7, 11) is 0.963. The Hall–Kier alpha value is -2.44. The lowest BCUT2D eigenvalue weighted by Gasteiger charge is -2.10. The molecule has 4 aromatic rings. The van der Waals surface area contributed by atoms with Gasteiger partial charge in [-0.15, -0.1) is 0 Å². The van der Waals surface area contributed by atoms with Crippen LogP contribution in [0.2, 0.25) is 10.0 Å². The molecule has 0 aliphatic heterocycles. The lowest BCUT2D eigenvalue weighted by atomic mass is 10.2. The van der Waals surface area contributed by atoms with Gasteiger partial charge < -0.3 is 4.52 Å². The van der Waals surface area contributed by atoms with E-state index in [1.54, 1.807) is 47.0 Å². The number of imidazole rings is 1. The molecule has 2 aromatic carbocycles. The highest BCUT2D eigenvalue weighted by Crippen LogP contribution is 2.31. The third-order valence-corrected chi connectivity index (χ3v) is 5.45. The summed E-state index contributed by atoms with van der Waals surface area (Å²) >= 11 is 12.4. The van der Waals surface area contributed by atoms with Gasteiger partial charge in [0.1, 0.15) is 14.8 Å². The molecule has 142 valence electrons. The van der Waals surface area contributed by atoms with Crippen molar-refractivity contribution in [1.82, 2.24) is 18.9 Å². The van der Waals surface area contributed by atoms with E-state index in [0.29, 0.717) is 27.1 Å².